The van der Waals surface area contributed by atoms with Crippen molar-refractivity contribution in [3.8, 4) is 17.3 Å². The lowest BCUT2D eigenvalue weighted by Gasteiger charge is -2.18. The van der Waals surface area contributed by atoms with Crippen LogP contribution in [0.5, 0.6) is 11.6 Å². The first-order chi connectivity index (χ1) is 18.9. The predicted octanol–water partition coefficient (Wildman–Crippen LogP) is 5.21. The van der Waals surface area contributed by atoms with Gasteiger partial charge in [-0.15, -0.1) is 0 Å². The molecule has 11 nitrogen and oxygen atoms in total. The summed E-state index contributed by atoms with van der Waals surface area (Å²) in [5, 5.41) is 16.7. The summed E-state index contributed by atoms with van der Waals surface area (Å²) in [6.07, 6.45) is 1.88. The predicted molar refractivity (Wildman–Crippen MR) is 148 cm³/mol. The van der Waals surface area contributed by atoms with Gasteiger partial charge in [-0.25, -0.2) is 17.9 Å². The molecule has 3 N–H and O–H groups in total. The number of nitrogens with zero attached hydrogens (tertiary/aromatic N) is 2. The molecule has 12 heteroatoms. The summed E-state index contributed by atoms with van der Waals surface area (Å²) < 4.78 is 42.2. The van der Waals surface area contributed by atoms with E-state index in [1.807, 2.05) is 39.0 Å². The van der Waals surface area contributed by atoms with Crippen LogP contribution in [0.2, 0.25) is 0 Å². The van der Waals surface area contributed by atoms with Crippen molar-refractivity contribution in [1.29, 1.82) is 0 Å². The molecule has 0 aliphatic rings. The highest BCUT2D eigenvalue weighted by atomic mass is 32.2. The van der Waals surface area contributed by atoms with Gasteiger partial charge in [0.05, 0.1) is 12.0 Å². The summed E-state index contributed by atoms with van der Waals surface area (Å²) in [4.78, 5) is 24.2. The third kappa shape index (κ3) is 5.92. The normalized spacial score (nSPS) is 12.2. The van der Waals surface area contributed by atoms with Gasteiger partial charge in [0.1, 0.15) is 10.6 Å². The van der Waals surface area contributed by atoms with Crippen molar-refractivity contribution >= 4 is 27.6 Å². The minimum atomic E-state index is -4.14. The molecule has 1 amide bonds. The van der Waals surface area contributed by atoms with Crippen molar-refractivity contribution in [3.05, 3.63) is 82.9 Å². The number of nitrogens with one attached hydrogen (secondary N) is 2. The first kappa shape index (κ1) is 28.6. The summed E-state index contributed by atoms with van der Waals surface area (Å²) in [5.41, 5.74) is 2.45. The zero-order valence-corrected chi connectivity index (χ0v) is 23.5. The Morgan fingerprint density at radius 1 is 1.12 bits per heavy atom. The highest BCUT2D eigenvalue weighted by molar-refractivity contribution is 7.89. The van der Waals surface area contributed by atoms with Gasteiger partial charge in [-0.3, -0.25) is 4.79 Å². The number of aromatic nitrogens is 2. The Morgan fingerprint density at radius 2 is 1.88 bits per heavy atom. The Balaban J connectivity index is 1.85. The van der Waals surface area contributed by atoms with Crippen LogP contribution in [0.4, 0.5) is 5.69 Å². The van der Waals surface area contributed by atoms with Crippen LogP contribution < -0.4 is 14.8 Å². The van der Waals surface area contributed by atoms with E-state index in [-0.39, 0.29) is 45.3 Å². The lowest BCUT2D eigenvalue weighted by molar-refractivity contribution is 0.0689. The van der Waals surface area contributed by atoms with E-state index in [4.69, 9.17) is 9.15 Å². The number of sulfonamides is 1. The summed E-state index contributed by atoms with van der Waals surface area (Å²) in [6.45, 7) is 8.83. The molecule has 4 aromatic rings. The van der Waals surface area contributed by atoms with Crippen molar-refractivity contribution < 1.29 is 32.3 Å². The molecule has 40 heavy (non-hydrogen) atoms. The molecule has 0 saturated carbocycles. The third-order valence-electron chi connectivity index (χ3n) is 6.28. The van der Waals surface area contributed by atoms with Crippen LogP contribution >= 0.6 is 0 Å². The van der Waals surface area contributed by atoms with Crippen LogP contribution in [-0.2, 0) is 10.0 Å². The minimum absolute atomic E-state index is 0.0402. The fourth-order valence-corrected chi connectivity index (χ4v) is 5.39. The second kappa shape index (κ2) is 11.4. The molecule has 0 bridgehead atoms. The smallest absolute Gasteiger partial charge is 0.356 e. The maximum Gasteiger partial charge on any atom is 0.356 e. The van der Waals surface area contributed by atoms with Crippen LogP contribution in [0.3, 0.4) is 0 Å². The molecule has 2 aromatic heterocycles. The van der Waals surface area contributed by atoms with Gasteiger partial charge in [-0.1, -0.05) is 19.1 Å². The number of furan rings is 1. The number of rotatable bonds is 10. The maximum absolute atomic E-state index is 13.5. The molecule has 1 atom stereocenters. The monoisotopic (exact) mass is 566 g/mol. The highest BCUT2D eigenvalue weighted by Crippen LogP contribution is 2.36. The molecule has 0 spiro atoms. The van der Waals surface area contributed by atoms with Crippen LogP contribution in [-0.4, -0.2) is 41.2 Å². The highest BCUT2D eigenvalue weighted by Gasteiger charge is 2.28. The zero-order chi connectivity index (χ0) is 29.2. The summed E-state index contributed by atoms with van der Waals surface area (Å²) in [6, 6.07) is 12.4. The molecular formula is C28H30N4O7S. The molecule has 0 unspecified atom stereocenters. The second-order valence-corrected chi connectivity index (χ2v) is 11.1. The Morgan fingerprint density at radius 3 is 2.52 bits per heavy atom. The fraction of sp³-hybridized carbons (Fsp3) is 0.250. The van der Waals surface area contributed by atoms with Gasteiger partial charge in [-0.2, -0.15) is 9.78 Å². The first-order valence-electron chi connectivity index (χ1n) is 12.5. The van der Waals surface area contributed by atoms with E-state index in [0.717, 1.165) is 11.1 Å². The molecule has 0 radical (unpaired) electrons. The Bertz CT molecular complexity index is 1670. The number of amides is 1. The lowest BCUT2D eigenvalue weighted by Crippen LogP contribution is -2.32. The second-order valence-electron chi connectivity index (χ2n) is 9.41. The van der Waals surface area contributed by atoms with Gasteiger partial charge in [0, 0.05) is 17.3 Å². The number of ether oxygens (including phenoxy) is 1. The lowest BCUT2D eigenvalue weighted by atomic mass is 10.1. The number of carbonyl (C=O) groups is 2. The van der Waals surface area contributed by atoms with E-state index in [1.165, 1.54) is 42.1 Å². The van der Waals surface area contributed by atoms with Gasteiger partial charge in [0.15, 0.2) is 11.5 Å². The van der Waals surface area contributed by atoms with E-state index in [0.29, 0.717) is 12.1 Å². The minimum Gasteiger partial charge on any atom is -0.476 e. The number of aryl methyl sites for hydroxylation is 2. The topological polar surface area (TPSA) is 153 Å². The van der Waals surface area contributed by atoms with E-state index < -0.39 is 21.9 Å². The Labute approximate surface area is 231 Å². The van der Waals surface area contributed by atoms with Gasteiger partial charge in [-0.05, 0) is 81.6 Å². The van der Waals surface area contributed by atoms with Crippen LogP contribution in [0.15, 0.2) is 64.1 Å². The molecular weight excluding hydrogens is 536 g/mol. The number of hydrogen-bond acceptors (Lipinski definition) is 7. The van der Waals surface area contributed by atoms with Crippen LogP contribution in [0.1, 0.15) is 58.0 Å². The first-order valence-corrected chi connectivity index (χ1v) is 14.0. The van der Waals surface area contributed by atoms with Gasteiger partial charge in [0.2, 0.25) is 15.9 Å². The molecule has 0 saturated heterocycles. The standard InChI is InChI=1S/C28H30N4O7S/c1-6-18(4)31-40(36,37)24-15-20(29-26(33)23-8-7-13-38-23)11-12-22(24)39-27-19(5)25(28(34)35)30-32(27)21-14-16(2)9-10-17(21)3/h7-15,18,31H,6H2,1-5H3,(H,29,33)(H,34,35)/t18-/m1/s1. The van der Waals surface area contributed by atoms with Crippen molar-refractivity contribution in [1.82, 2.24) is 14.5 Å². The van der Waals surface area contributed by atoms with Crippen LogP contribution in [0.25, 0.3) is 5.69 Å². The number of benzene rings is 2. The quantitative estimate of drug-likeness (QED) is 0.236. The summed E-state index contributed by atoms with van der Waals surface area (Å²) >= 11 is 0. The van der Waals surface area contributed by atoms with E-state index >= 15 is 0 Å². The molecule has 2 aromatic carbocycles. The van der Waals surface area contributed by atoms with Crippen molar-refractivity contribution in [2.24, 2.45) is 0 Å². The molecule has 0 aliphatic carbocycles. The molecule has 210 valence electrons. The SMILES string of the molecule is CC[C@@H](C)NS(=O)(=O)c1cc(NC(=O)c2ccco2)ccc1Oc1c(C)c(C(=O)O)nn1-c1cc(C)ccc1C. The molecule has 0 fully saturated rings. The largest absolute Gasteiger partial charge is 0.476 e. The van der Waals surface area contributed by atoms with Gasteiger partial charge in [0.25, 0.3) is 5.91 Å². The van der Waals surface area contributed by atoms with Crippen molar-refractivity contribution in [2.75, 3.05) is 5.32 Å². The molecule has 4 rings (SSSR count). The van der Waals surface area contributed by atoms with Gasteiger partial charge >= 0.3 is 5.97 Å². The average molecular weight is 567 g/mol. The number of carboxylic acid groups (broad SMARTS) is 1. The Kier molecular flexibility index (Phi) is 8.12. The third-order valence-corrected chi connectivity index (χ3v) is 7.89. The number of hydrogen-bond donors (Lipinski definition) is 3. The number of aromatic carboxylic acids is 1. The van der Waals surface area contributed by atoms with Crippen molar-refractivity contribution in [3.63, 3.8) is 0 Å². The number of carboxylic acids is 1. The van der Waals surface area contributed by atoms with E-state index in [1.54, 1.807) is 13.0 Å². The average Bonchev–Trinajstić information content (AvgIpc) is 3.55. The van der Waals surface area contributed by atoms with E-state index in [2.05, 4.69) is 15.1 Å². The number of carbonyl (C=O) groups excluding carboxylic acids is 1. The molecule has 0 aliphatic heterocycles. The molecule has 2 heterocycles. The van der Waals surface area contributed by atoms with Crippen LogP contribution in [0, 0.1) is 20.8 Å². The van der Waals surface area contributed by atoms with E-state index in [9.17, 15) is 23.1 Å². The summed E-state index contributed by atoms with van der Waals surface area (Å²) in [7, 11) is -4.14. The number of anilines is 1. The van der Waals surface area contributed by atoms with Crippen molar-refractivity contribution in [2.45, 2.75) is 52.0 Å². The fourth-order valence-electron chi connectivity index (χ4n) is 3.91. The summed E-state index contributed by atoms with van der Waals surface area (Å²) in [5.74, 6) is -1.81. The van der Waals surface area contributed by atoms with Gasteiger partial charge < -0.3 is 19.6 Å². The zero-order valence-electron chi connectivity index (χ0n) is 22.7. The Hall–Kier alpha value is -4.42. The maximum atomic E-state index is 13.5.